The summed E-state index contributed by atoms with van der Waals surface area (Å²) in [5.74, 6) is 0.974. The van der Waals surface area contributed by atoms with Crippen molar-refractivity contribution in [2.24, 2.45) is 5.92 Å². The Labute approximate surface area is 96.3 Å². The highest BCUT2D eigenvalue weighted by atomic mass is 127. The molecule has 0 atom stereocenters. The van der Waals surface area contributed by atoms with Crippen LogP contribution >= 0.6 is 33.9 Å². The van der Waals surface area contributed by atoms with Crippen LogP contribution in [0, 0.1) is 8.93 Å². The van der Waals surface area contributed by atoms with Gasteiger partial charge in [0.05, 0.1) is 0 Å². The fourth-order valence-corrected chi connectivity index (χ4v) is 3.41. The number of nitrogens with zero attached hydrogens (tertiary/aromatic N) is 2. The Morgan fingerprint density at radius 1 is 1.31 bits per heavy atom. The summed E-state index contributed by atoms with van der Waals surface area (Å²) in [5.41, 5.74) is 0. The number of halogens is 1. The van der Waals surface area contributed by atoms with Gasteiger partial charge in [-0.25, -0.2) is 0 Å². The maximum atomic E-state index is 4.14. The highest BCUT2D eigenvalue weighted by Gasteiger charge is 2.15. The van der Waals surface area contributed by atoms with Crippen LogP contribution in [0.15, 0.2) is 0 Å². The molecule has 0 saturated heterocycles. The molecule has 0 aromatic carbocycles. The number of rotatable bonds is 3. The predicted molar refractivity (Wildman–Crippen MR) is 62.9 cm³/mol. The fraction of sp³-hybridized carbons (Fsp3) is 0.778. The molecule has 2 nitrogen and oxygen atoms in total. The third kappa shape index (κ3) is 2.87. The highest BCUT2D eigenvalue weighted by Crippen LogP contribution is 2.29. The maximum Gasteiger partial charge on any atom is 0.178 e. The van der Waals surface area contributed by atoms with E-state index in [0.717, 1.165) is 15.4 Å². The van der Waals surface area contributed by atoms with E-state index in [2.05, 4.69) is 32.8 Å². The second-order valence-electron chi connectivity index (χ2n) is 3.64. The van der Waals surface area contributed by atoms with E-state index < -0.39 is 0 Å². The van der Waals surface area contributed by atoms with Gasteiger partial charge in [0.1, 0.15) is 5.01 Å². The lowest BCUT2D eigenvalue weighted by Crippen LogP contribution is -1.95. The minimum Gasteiger partial charge on any atom is -0.143 e. The molecule has 4 heteroatoms. The van der Waals surface area contributed by atoms with Crippen molar-refractivity contribution in [1.29, 1.82) is 0 Å². The van der Waals surface area contributed by atoms with Crippen LogP contribution in [0.3, 0.4) is 0 Å². The van der Waals surface area contributed by atoms with Crippen molar-refractivity contribution in [2.45, 2.75) is 38.5 Å². The molecule has 1 aliphatic carbocycles. The Morgan fingerprint density at radius 2 is 2.08 bits per heavy atom. The van der Waals surface area contributed by atoms with Crippen molar-refractivity contribution in [3.8, 4) is 0 Å². The van der Waals surface area contributed by atoms with E-state index in [1.807, 2.05) is 0 Å². The number of aromatic nitrogens is 2. The quantitative estimate of drug-likeness (QED) is 0.801. The number of aryl methyl sites for hydroxylation is 1. The SMILES string of the molecule is Ic1nnc(CCC2CCCC2)s1. The van der Waals surface area contributed by atoms with Gasteiger partial charge in [-0.05, 0) is 34.9 Å². The molecule has 1 heterocycles. The second-order valence-corrected chi connectivity index (χ2v) is 6.45. The molecule has 13 heavy (non-hydrogen) atoms. The topological polar surface area (TPSA) is 25.8 Å². The summed E-state index contributed by atoms with van der Waals surface area (Å²) in [6, 6.07) is 0. The Morgan fingerprint density at radius 3 is 2.69 bits per heavy atom. The van der Waals surface area contributed by atoms with Crippen molar-refractivity contribution < 1.29 is 0 Å². The van der Waals surface area contributed by atoms with E-state index in [4.69, 9.17) is 0 Å². The van der Waals surface area contributed by atoms with Crippen LogP contribution in [0.2, 0.25) is 0 Å². The van der Waals surface area contributed by atoms with E-state index in [0.29, 0.717) is 0 Å². The van der Waals surface area contributed by atoms with Crippen LogP contribution in [0.1, 0.15) is 37.1 Å². The molecule has 0 bridgehead atoms. The van der Waals surface area contributed by atoms with E-state index in [9.17, 15) is 0 Å². The number of hydrogen-bond acceptors (Lipinski definition) is 3. The summed E-state index contributed by atoms with van der Waals surface area (Å²) in [6.07, 6.45) is 8.24. The van der Waals surface area contributed by atoms with Gasteiger partial charge in [-0.15, -0.1) is 10.2 Å². The zero-order valence-electron chi connectivity index (χ0n) is 7.50. The molecule has 1 fully saturated rings. The summed E-state index contributed by atoms with van der Waals surface area (Å²) in [7, 11) is 0. The van der Waals surface area contributed by atoms with Gasteiger partial charge < -0.3 is 0 Å². The van der Waals surface area contributed by atoms with E-state index in [-0.39, 0.29) is 0 Å². The summed E-state index contributed by atoms with van der Waals surface area (Å²) in [4.78, 5) is 0. The fourth-order valence-electron chi connectivity index (χ4n) is 1.96. The van der Waals surface area contributed by atoms with Gasteiger partial charge in [-0.2, -0.15) is 0 Å². The molecule has 1 aromatic rings. The van der Waals surface area contributed by atoms with Gasteiger partial charge in [0, 0.05) is 6.42 Å². The molecule has 1 aromatic heterocycles. The van der Waals surface area contributed by atoms with Gasteiger partial charge in [0.15, 0.2) is 3.01 Å². The average Bonchev–Trinajstić information content (AvgIpc) is 2.71. The molecule has 0 aliphatic heterocycles. The van der Waals surface area contributed by atoms with Crippen molar-refractivity contribution in [3.63, 3.8) is 0 Å². The van der Waals surface area contributed by atoms with Crippen LogP contribution in [-0.2, 0) is 6.42 Å². The van der Waals surface area contributed by atoms with Crippen molar-refractivity contribution in [3.05, 3.63) is 8.02 Å². The minimum atomic E-state index is 0.974. The Bertz CT molecular complexity index is 268. The first-order valence-electron chi connectivity index (χ1n) is 4.82. The first-order chi connectivity index (χ1) is 6.34. The summed E-state index contributed by atoms with van der Waals surface area (Å²) >= 11 is 3.97. The van der Waals surface area contributed by atoms with Gasteiger partial charge in [-0.1, -0.05) is 37.0 Å². The standard InChI is InChI=1S/C9H13IN2S/c10-9-12-11-8(13-9)6-5-7-3-1-2-4-7/h7H,1-6H2. The van der Waals surface area contributed by atoms with Gasteiger partial charge >= 0.3 is 0 Å². The smallest absolute Gasteiger partial charge is 0.143 e. The Kier molecular flexibility index (Phi) is 3.54. The van der Waals surface area contributed by atoms with Crippen LogP contribution in [0.25, 0.3) is 0 Å². The third-order valence-electron chi connectivity index (χ3n) is 2.68. The number of hydrogen-bond donors (Lipinski definition) is 0. The van der Waals surface area contributed by atoms with Crippen molar-refractivity contribution >= 4 is 33.9 Å². The summed E-state index contributed by atoms with van der Waals surface area (Å²) in [6.45, 7) is 0. The molecule has 1 saturated carbocycles. The summed E-state index contributed by atoms with van der Waals surface area (Å²) in [5, 5.41) is 9.37. The molecular weight excluding hydrogens is 295 g/mol. The first kappa shape index (κ1) is 9.83. The predicted octanol–water partition coefficient (Wildman–Crippen LogP) is 3.27. The van der Waals surface area contributed by atoms with Crippen LogP contribution in [-0.4, -0.2) is 10.2 Å². The molecule has 0 amide bonds. The van der Waals surface area contributed by atoms with Gasteiger partial charge in [0.2, 0.25) is 0 Å². The lowest BCUT2D eigenvalue weighted by atomic mass is 10.0. The largest absolute Gasteiger partial charge is 0.178 e. The first-order valence-corrected chi connectivity index (χ1v) is 6.72. The highest BCUT2D eigenvalue weighted by molar-refractivity contribution is 14.1. The zero-order valence-corrected chi connectivity index (χ0v) is 10.5. The van der Waals surface area contributed by atoms with Crippen LogP contribution < -0.4 is 0 Å². The molecule has 0 unspecified atom stereocenters. The molecule has 2 rings (SSSR count). The van der Waals surface area contributed by atoms with Crippen LogP contribution in [0.4, 0.5) is 0 Å². The van der Waals surface area contributed by atoms with E-state index >= 15 is 0 Å². The molecule has 0 spiro atoms. The average molecular weight is 308 g/mol. The molecular formula is C9H13IN2S. The Hall–Kier alpha value is 0.290. The zero-order chi connectivity index (χ0) is 9.10. The summed E-state index contributed by atoms with van der Waals surface area (Å²) < 4.78 is 1.07. The van der Waals surface area contributed by atoms with Gasteiger partial charge in [0.25, 0.3) is 0 Å². The second kappa shape index (κ2) is 4.68. The van der Waals surface area contributed by atoms with Crippen molar-refractivity contribution in [1.82, 2.24) is 10.2 Å². The molecule has 0 N–H and O–H groups in total. The van der Waals surface area contributed by atoms with E-state index in [1.54, 1.807) is 11.3 Å². The molecule has 0 radical (unpaired) electrons. The monoisotopic (exact) mass is 308 g/mol. The minimum absolute atomic E-state index is 0.974. The normalized spacial score (nSPS) is 18.2. The molecule has 72 valence electrons. The Balaban J connectivity index is 1.78. The third-order valence-corrected chi connectivity index (χ3v) is 4.33. The van der Waals surface area contributed by atoms with Crippen LogP contribution in [0.5, 0.6) is 0 Å². The molecule has 1 aliphatic rings. The lowest BCUT2D eigenvalue weighted by Gasteiger charge is -2.05. The van der Waals surface area contributed by atoms with Crippen molar-refractivity contribution in [2.75, 3.05) is 0 Å². The maximum absolute atomic E-state index is 4.14. The lowest BCUT2D eigenvalue weighted by molar-refractivity contribution is 0.502. The van der Waals surface area contributed by atoms with E-state index in [1.165, 1.54) is 37.1 Å². The van der Waals surface area contributed by atoms with Gasteiger partial charge in [-0.3, -0.25) is 0 Å².